The Balaban J connectivity index is 0.00000361. The third-order valence-electron chi connectivity index (χ3n) is 2.59. The number of hydrogen-bond acceptors (Lipinski definition) is 4. The highest BCUT2D eigenvalue weighted by Crippen LogP contribution is 2.26. The van der Waals surface area contributed by atoms with Crippen LogP contribution in [0.2, 0.25) is 0 Å². The summed E-state index contributed by atoms with van der Waals surface area (Å²) in [7, 11) is 1.60. The van der Waals surface area contributed by atoms with Crippen LogP contribution in [-0.4, -0.2) is 32.2 Å². The van der Waals surface area contributed by atoms with Crippen LogP contribution in [0.1, 0.15) is 19.8 Å². The fourth-order valence-electron chi connectivity index (χ4n) is 1.58. The molecule has 0 saturated heterocycles. The molecule has 0 radical (unpaired) electrons. The first-order valence-electron chi connectivity index (χ1n) is 6.43. The highest BCUT2D eigenvalue weighted by molar-refractivity contribution is 5.85. The summed E-state index contributed by atoms with van der Waals surface area (Å²) in [5, 5.41) is 2.81. The second-order valence-electron chi connectivity index (χ2n) is 4.28. The Bertz CT molecular complexity index is 402. The van der Waals surface area contributed by atoms with Crippen molar-refractivity contribution in [2.45, 2.75) is 25.9 Å². The van der Waals surface area contributed by atoms with Gasteiger partial charge in [0.2, 0.25) is 5.91 Å². The molecule has 1 atom stereocenters. The van der Waals surface area contributed by atoms with Gasteiger partial charge in [-0.1, -0.05) is 12.1 Å². The van der Waals surface area contributed by atoms with Gasteiger partial charge in [-0.15, -0.1) is 12.4 Å². The van der Waals surface area contributed by atoms with Gasteiger partial charge in [0, 0.05) is 6.42 Å². The van der Waals surface area contributed by atoms with E-state index in [0.29, 0.717) is 37.4 Å². The summed E-state index contributed by atoms with van der Waals surface area (Å²) in [6.07, 6.45) is 1.03. The molecule has 6 heteroatoms. The van der Waals surface area contributed by atoms with E-state index in [1.54, 1.807) is 7.11 Å². The fraction of sp³-hybridized carbons (Fsp3) is 0.500. The van der Waals surface area contributed by atoms with Crippen LogP contribution < -0.4 is 20.5 Å². The number of halogens is 1. The lowest BCUT2D eigenvalue weighted by atomic mass is 10.3. The van der Waals surface area contributed by atoms with Gasteiger partial charge in [0.1, 0.15) is 6.10 Å². The molecule has 1 rings (SSSR count). The summed E-state index contributed by atoms with van der Waals surface area (Å²) in [5.41, 5.74) is 5.35. The highest BCUT2D eigenvalue weighted by atomic mass is 35.5. The average Bonchev–Trinajstić information content (AvgIpc) is 2.43. The molecular weight excluding hydrogens is 280 g/mol. The zero-order valence-corrected chi connectivity index (χ0v) is 12.7. The fourth-order valence-corrected chi connectivity index (χ4v) is 1.58. The number of methoxy groups -OCH3 is 1. The summed E-state index contributed by atoms with van der Waals surface area (Å²) >= 11 is 0. The minimum Gasteiger partial charge on any atom is -0.493 e. The van der Waals surface area contributed by atoms with Crippen molar-refractivity contribution in [3.8, 4) is 11.5 Å². The van der Waals surface area contributed by atoms with Crippen LogP contribution in [0.3, 0.4) is 0 Å². The normalized spacial score (nSPS) is 11.2. The molecule has 1 aromatic rings. The molecule has 0 heterocycles. The molecule has 1 amide bonds. The van der Waals surface area contributed by atoms with Crippen molar-refractivity contribution < 1.29 is 14.3 Å². The second-order valence-corrected chi connectivity index (χ2v) is 4.28. The molecule has 1 unspecified atom stereocenters. The van der Waals surface area contributed by atoms with Crippen molar-refractivity contribution in [1.82, 2.24) is 5.32 Å². The first-order valence-corrected chi connectivity index (χ1v) is 6.43. The number of hydrogen-bond donors (Lipinski definition) is 2. The van der Waals surface area contributed by atoms with Crippen LogP contribution in [0.25, 0.3) is 0 Å². The summed E-state index contributed by atoms with van der Waals surface area (Å²) < 4.78 is 10.9. The summed E-state index contributed by atoms with van der Waals surface area (Å²) in [6, 6.07) is 7.43. The maximum atomic E-state index is 11.4. The molecule has 0 aliphatic heterocycles. The number of benzene rings is 1. The Morgan fingerprint density at radius 1 is 1.35 bits per heavy atom. The Labute approximate surface area is 126 Å². The molecule has 20 heavy (non-hydrogen) atoms. The Morgan fingerprint density at radius 3 is 2.60 bits per heavy atom. The first kappa shape index (κ1) is 18.5. The minimum atomic E-state index is -0.127. The van der Waals surface area contributed by atoms with Gasteiger partial charge in [0.25, 0.3) is 0 Å². The molecule has 0 aromatic heterocycles. The number of ether oxygens (including phenoxy) is 2. The molecule has 0 aliphatic rings. The quantitative estimate of drug-likeness (QED) is 0.767. The van der Waals surface area contributed by atoms with E-state index in [-0.39, 0.29) is 24.4 Å². The second kappa shape index (κ2) is 10.3. The van der Waals surface area contributed by atoms with E-state index < -0.39 is 0 Å². The molecule has 0 saturated carbocycles. The number of carbonyl (C=O) groups is 1. The van der Waals surface area contributed by atoms with Crippen LogP contribution in [-0.2, 0) is 4.79 Å². The number of para-hydroxylation sites is 2. The predicted octanol–water partition coefficient (Wildman–Crippen LogP) is 1.74. The van der Waals surface area contributed by atoms with Crippen molar-refractivity contribution in [2.75, 3.05) is 20.2 Å². The lowest BCUT2D eigenvalue weighted by Crippen LogP contribution is -2.33. The van der Waals surface area contributed by atoms with E-state index in [1.165, 1.54) is 0 Å². The van der Waals surface area contributed by atoms with Crippen molar-refractivity contribution in [3.63, 3.8) is 0 Å². The van der Waals surface area contributed by atoms with E-state index in [1.807, 2.05) is 31.2 Å². The number of nitrogens with two attached hydrogens (primary N) is 1. The zero-order chi connectivity index (χ0) is 14.1. The number of rotatable bonds is 8. The molecule has 1 aromatic carbocycles. The molecule has 0 aliphatic carbocycles. The Morgan fingerprint density at radius 2 is 2.00 bits per heavy atom. The first-order chi connectivity index (χ1) is 9.17. The average molecular weight is 303 g/mol. The molecule has 0 spiro atoms. The molecule has 5 nitrogen and oxygen atoms in total. The van der Waals surface area contributed by atoms with Gasteiger partial charge in [0.05, 0.1) is 13.7 Å². The van der Waals surface area contributed by atoms with Gasteiger partial charge in [0.15, 0.2) is 11.5 Å². The smallest absolute Gasteiger partial charge is 0.220 e. The SMILES string of the molecule is COc1ccccc1OC(C)CNC(=O)CCCN.Cl. The van der Waals surface area contributed by atoms with E-state index in [4.69, 9.17) is 15.2 Å². The number of nitrogens with one attached hydrogen (secondary N) is 1. The van der Waals surface area contributed by atoms with E-state index in [9.17, 15) is 4.79 Å². The monoisotopic (exact) mass is 302 g/mol. The maximum absolute atomic E-state index is 11.4. The predicted molar refractivity (Wildman–Crippen MR) is 81.6 cm³/mol. The zero-order valence-electron chi connectivity index (χ0n) is 11.9. The van der Waals surface area contributed by atoms with Crippen molar-refractivity contribution in [2.24, 2.45) is 5.73 Å². The highest BCUT2D eigenvalue weighted by Gasteiger charge is 2.09. The minimum absolute atomic E-state index is 0. The van der Waals surface area contributed by atoms with Crippen LogP contribution in [0.5, 0.6) is 11.5 Å². The number of amides is 1. The third-order valence-corrected chi connectivity index (χ3v) is 2.59. The van der Waals surface area contributed by atoms with Gasteiger partial charge >= 0.3 is 0 Å². The molecule has 3 N–H and O–H groups in total. The van der Waals surface area contributed by atoms with Crippen LogP contribution in [0.15, 0.2) is 24.3 Å². The summed E-state index contributed by atoms with van der Waals surface area (Å²) in [4.78, 5) is 11.4. The van der Waals surface area contributed by atoms with E-state index in [0.717, 1.165) is 0 Å². The third kappa shape index (κ3) is 6.63. The molecule has 0 fully saturated rings. The topological polar surface area (TPSA) is 73.6 Å². The molecule has 0 bridgehead atoms. The van der Waals surface area contributed by atoms with Gasteiger partial charge in [-0.3, -0.25) is 4.79 Å². The van der Waals surface area contributed by atoms with Crippen LogP contribution in [0, 0.1) is 0 Å². The summed E-state index contributed by atoms with van der Waals surface area (Å²) in [6.45, 7) is 2.89. The van der Waals surface area contributed by atoms with Crippen molar-refractivity contribution >= 4 is 18.3 Å². The number of carbonyl (C=O) groups excluding carboxylic acids is 1. The largest absolute Gasteiger partial charge is 0.493 e. The lowest BCUT2D eigenvalue weighted by Gasteiger charge is -2.17. The molecular formula is C14H23ClN2O3. The molecule has 114 valence electrons. The van der Waals surface area contributed by atoms with Gasteiger partial charge in [-0.2, -0.15) is 0 Å². The summed E-state index contributed by atoms with van der Waals surface area (Å²) in [5.74, 6) is 1.36. The Hall–Kier alpha value is -1.46. The lowest BCUT2D eigenvalue weighted by molar-refractivity contribution is -0.121. The van der Waals surface area contributed by atoms with Gasteiger partial charge < -0.3 is 20.5 Å². The van der Waals surface area contributed by atoms with E-state index in [2.05, 4.69) is 5.32 Å². The van der Waals surface area contributed by atoms with E-state index >= 15 is 0 Å². The Kier molecular flexibility index (Phi) is 9.59. The van der Waals surface area contributed by atoms with Gasteiger partial charge in [-0.25, -0.2) is 0 Å². The maximum Gasteiger partial charge on any atom is 0.220 e. The van der Waals surface area contributed by atoms with Crippen molar-refractivity contribution in [1.29, 1.82) is 0 Å². The van der Waals surface area contributed by atoms with Crippen LogP contribution >= 0.6 is 12.4 Å². The van der Waals surface area contributed by atoms with Crippen LogP contribution in [0.4, 0.5) is 0 Å². The van der Waals surface area contributed by atoms with Crippen molar-refractivity contribution in [3.05, 3.63) is 24.3 Å². The standard InChI is InChI=1S/C14H22N2O3.ClH/c1-11(10-16-14(17)8-5-9-15)19-13-7-4-3-6-12(13)18-2;/h3-4,6-7,11H,5,8-10,15H2,1-2H3,(H,16,17);1H. The van der Waals surface area contributed by atoms with Gasteiger partial charge in [-0.05, 0) is 32.0 Å².